The summed E-state index contributed by atoms with van der Waals surface area (Å²) in [6.45, 7) is 5.77. The predicted octanol–water partition coefficient (Wildman–Crippen LogP) is 1.52. The van der Waals surface area contributed by atoms with E-state index in [4.69, 9.17) is 9.47 Å². The van der Waals surface area contributed by atoms with Crippen LogP contribution in [0.5, 0.6) is 0 Å². The Kier molecular flexibility index (Phi) is 6.07. The number of nitrogens with one attached hydrogen (secondary N) is 1. The number of nitrogens with zero attached hydrogens (tertiary/aromatic N) is 3. The van der Waals surface area contributed by atoms with Crippen LogP contribution < -0.4 is 5.43 Å². The minimum Gasteiger partial charge on any atom is -0.460 e. The van der Waals surface area contributed by atoms with Crippen LogP contribution in [0.4, 0.5) is 11.4 Å². The summed E-state index contributed by atoms with van der Waals surface area (Å²) in [4.78, 5) is 24.3. The first-order valence-corrected chi connectivity index (χ1v) is 7.61. The number of anilines is 1. The maximum absolute atomic E-state index is 12.1. The van der Waals surface area contributed by atoms with Gasteiger partial charge in [0.1, 0.15) is 0 Å². The van der Waals surface area contributed by atoms with Crippen LogP contribution in [0.2, 0.25) is 0 Å². The van der Waals surface area contributed by atoms with Crippen molar-refractivity contribution in [2.75, 3.05) is 38.3 Å². The van der Waals surface area contributed by atoms with E-state index >= 15 is 0 Å². The Labute approximate surface area is 139 Å². The van der Waals surface area contributed by atoms with Crippen LogP contribution >= 0.6 is 0 Å². The second kappa shape index (κ2) is 8.25. The van der Waals surface area contributed by atoms with E-state index < -0.39 is 10.9 Å². The largest absolute Gasteiger partial charge is 0.460 e. The average molecular weight is 336 g/mol. The Bertz CT molecular complexity index is 641. The van der Waals surface area contributed by atoms with E-state index in [0.717, 1.165) is 5.56 Å². The molecular formula is C15H20N4O5. The summed E-state index contributed by atoms with van der Waals surface area (Å²) in [5, 5.41) is 15.0. The Hall–Kier alpha value is -2.68. The zero-order chi connectivity index (χ0) is 17.5. The molecule has 24 heavy (non-hydrogen) atoms. The number of morpholine rings is 1. The number of hydrogen-bond donors (Lipinski definition) is 1. The summed E-state index contributed by atoms with van der Waals surface area (Å²) in [7, 11) is 0. The Morgan fingerprint density at radius 2 is 2.17 bits per heavy atom. The van der Waals surface area contributed by atoms with Crippen molar-refractivity contribution in [3.63, 3.8) is 0 Å². The molecule has 0 aliphatic carbocycles. The predicted molar refractivity (Wildman–Crippen MR) is 87.9 cm³/mol. The molecule has 0 saturated carbocycles. The molecule has 1 N–H and O–H groups in total. The SMILES string of the molecule is CCOC(=O)/C(=N/Nc1cc([N+](=O)[O-])ccc1C)N1CCOCC1. The summed E-state index contributed by atoms with van der Waals surface area (Å²) in [5.41, 5.74) is 3.92. The van der Waals surface area contributed by atoms with Crippen molar-refractivity contribution in [1.82, 2.24) is 4.90 Å². The van der Waals surface area contributed by atoms with Crippen molar-refractivity contribution in [2.45, 2.75) is 13.8 Å². The minimum atomic E-state index is -0.546. The van der Waals surface area contributed by atoms with Crippen molar-refractivity contribution in [2.24, 2.45) is 5.10 Å². The first kappa shape index (κ1) is 17.7. The fourth-order valence-electron chi connectivity index (χ4n) is 2.17. The molecule has 1 saturated heterocycles. The highest BCUT2D eigenvalue weighted by Crippen LogP contribution is 2.22. The summed E-state index contributed by atoms with van der Waals surface area (Å²) >= 11 is 0. The molecule has 2 rings (SSSR count). The summed E-state index contributed by atoms with van der Waals surface area (Å²) in [5.74, 6) is -0.416. The molecular weight excluding hydrogens is 316 g/mol. The normalized spacial score (nSPS) is 15.1. The molecule has 0 aromatic heterocycles. The van der Waals surface area contributed by atoms with E-state index in [2.05, 4.69) is 10.5 Å². The van der Waals surface area contributed by atoms with Gasteiger partial charge in [-0.1, -0.05) is 6.07 Å². The highest BCUT2D eigenvalue weighted by atomic mass is 16.6. The number of esters is 1. The van der Waals surface area contributed by atoms with Crippen LogP contribution in [-0.4, -0.2) is 54.5 Å². The van der Waals surface area contributed by atoms with Gasteiger partial charge in [0.25, 0.3) is 5.69 Å². The third-order valence-corrected chi connectivity index (χ3v) is 3.48. The molecule has 130 valence electrons. The molecule has 0 radical (unpaired) electrons. The highest BCUT2D eigenvalue weighted by molar-refractivity contribution is 6.35. The minimum absolute atomic E-state index is 0.0534. The van der Waals surface area contributed by atoms with Crippen molar-refractivity contribution in [3.05, 3.63) is 33.9 Å². The number of hydrazone groups is 1. The van der Waals surface area contributed by atoms with E-state index in [0.29, 0.717) is 32.0 Å². The number of carbonyl (C=O) groups excluding carboxylic acids is 1. The van der Waals surface area contributed by atoms with E-state index in [-0.39, 0.29) is 18.1 Å². The number of hydrogen-bond acceptors (Lipinski definition) is 7. The lowest BCUT2D eigenvalue weighted by Gasteiger charge is -2.28. The van der Waals surface area contributed by atoms with Gasteiger partial charge in [0.15, 0.2) is 0 Å². The molecule has 9 heteroatoms. The molecule has 1 aromatic carbocycles. The molecule has 0 atom stereocenters. The fourth-order valence-corrected chi connectivity index (χ4v) is 2.17. The summed E-state index contributed by atoms with van der Waals surface area (Å²) < 4.78 is 10.3. The van der Waals surface area contributed by atoms with Crippen molar-refractivity contribution < 1.29 is 19.2 Å². The van der Waals surface area contributed by atoms with Gasteiger partial charge in [-0.05, 0) is 19.4 Å². The number of benzene rings is 1. The van der Waals surface area contributed by atoms with Crippen LogP contribution in [0.15, 0.2) is 23.3 Å². The van der Waals surface area contributed by atoms with Gasteiger partial charge >= 0.3 is 5.97 Å². The van der Waals surface area contributed by atoms with Crippen molar-refractivity contribution >= 4 is 23.2 Å². The average Bonchev–Trinajstić information content (AvgIpc) is 2.57. The second-order valence-electron chi connectivity index (χ2n) is 5.12. The van der Waals surface area contributed by atoms with Crippen LogP contribution in [-0.2, 0) is 14.3 Å². The van der Waals surface area contributed by atoms with Crippen LogP contribution in [0.3, 0.4) is 0 Å². The van der Waals surface area contributed by atoms with Crippen molar-refractivity contribution in [3.8, 4) is 0 Å². The Morgan fingerprint density at radius 1 is 1.46 bits per heavy atom. The number of aryl methyl sites for hydroxylation is 1. The molecule has 1 aliphatic heterocycles. The van der Waals surface area contributed by atoms with Crippen LogP contribution in [0.25, 0.3) is 0 Å². The molecule has 0 amide bonds. The van der Waals surface area contributed by atoms with Gasteiger partial charge < -0.3 is 14.4 Å². The molecule has 1 aromatic rings. The second-order valence-corrected chi connectivity index (χ2v) is 5.12. The molecule has 0 unspecified atom stereocenters. The molecule has 0 spiro atoms. The topological polar surface area (TPSA) is 106 Å². The maximum atomic E-state index is 12.1. The van der Waals surface area contributed by atoms with Crippen LogP contribution in [0.1, 0.15) is 12.5 Å². The van der Waals surface area contributed by atoms with E-state index in [1.165, 1.54) is 12.1 Å². The number of non-ortho nitro benzene ring substituents is 1. The maximum Gasteiger partial charge on any atom is 0.375 e. The van der Waals surface area contributed by atoms with Crippen LogP contribution in [0, 0.1) is 17.0 Å². The standard InChI is InChI=1S/C15H20N4O5/c1-3-24-15(20)14(18-6-8-23-9-7-18)17-16-13-10-12(19(21)22)5-4-11(13)2/h4-5,10,16H,3,6-9H2,1-2H3/b17-14-. The highest BCUT2D eigenvalue weighted by Gasteiger charge is 2.23. The Morgan fingerprint density at radius 3 is 2.79 bits per heavy atom. The lowest BCUT2D eigenvalue weighted by molar-refractivity contribution is -0.384. The van der Waals surface area contributed by atoms with Gasteiger partial charge in [0.2, 0.25) is 5.84 Å². The van der Waals surface area contributed by atoms with Gasteiger partial charge in [-0.3, -0.25) is 15.5 Å². The molecule has 1 heterocycles. The quantitative estimate of drug-likeness (QED) is 0.292. The van der Waals surface area contributed by atoms with E-state index in [9.17, 15) is 14.9 Å². The van der Waals surface area contributed by atoms with Gasteiger partial charge in [-0.2, -0.15) is 0 Å². The zero-order valence-corrected chi connectivity index (χ0v) is 13.7. The fraction of sp³-hybridized carbons (Fsp3) is 0.467. The smallest absolute Gasteiger partial charge is 0.375 e. The first-order chi connectivity index (χ1) is 11.5. The lowest BCUT2D eigenvalue weighted by Crippen LogP contribution is -2.45. The number of nitro benzene ring substituents is 1. The van der Waals surface area contributed by atoms with Gasteiger partial charge in [-0.25, -0.2) is 4.79 Å². The number of nitro groups is 1. The Balaban J connectivity index is 2.24. The lowest BCUT2D eigenvalue weighted by atomic mass is 10.2. The van der Waals surface area contributed by atoms with Gasteiger partial charge in [0, 0.05) is 25.2 Å². The van der Waals surface area contributed by atoms with E-state index in [1.807, 2.05) is 0 Å². The first-order valence-electron chi connectivity index (χ1n) is 7.61. The van der Waals surface area contributed by atoms with Gasteiger partial charge in [0.05, 0.1) is 30.4 Å². The monoisotopic (exact) mass is 336 g/mol. The summed E-state index contributed by atoms with van der Waals surface area (Å²) in [6.07, 6.45) is 0. The molecule has 1 fully saturated rings. The third kappa shape index (κ3) is 4.42. The van der Waals surface area contributed by atoms with Gasteiger partial charge in [-0.15, -0.1) is 5.10 Å². The molecule has 0 bridgehead atoms. The number of rotatable bonds is 4. The number of ether oxygens (including phenoxy) is 2. The number of carbonyl (C=O) groups is 1. The zero-order valence-electron chi connectivity index (χ0n) is 13.7. The third-order valence-electron chi connectivity index (χ3n) is 3.48. The van der Waals surface area contributed by atoms with E-state index in [1.54, 1.807) is 24.8 Å². The van der Waals surface area contributed by atoms with Crippen molar-refractivity contribution in [1.29, 1.82) is 0 Å². The molecule has 9 nitrogen and oxygen atoms in total. The number of amidine groups is 1. The summed E-state index contributed by atoms with van der Waals surface area (Å²) in [6, 6.07) is 4.41. The molecule has 1 aliphatic rings.